The summed E-state index contributed by atoms with van der Waals surface area (Å²) in [5.74, 6) is 0.408. The Morgan fingerprint density at radius 3 is 2.14 bits per heavy atom. The third kappa shape index (κ3) is 4.55. The third-order valence-corrected chi connectivity index (χ3v) is 4.73. The Morgan fingerprint density at radius 1 is 1.00 bits per heavy atom. The second-order valence-electron chi connectivity index (χ2n) is 4.33. The van der Waals surface area contributed by atoms with Gasteiger partial charge in [-0.3, -0.25) is 9.05 Å². The van der Waals surface area contributed by atoms with Crippen molar-refractivity contribution in [2.24, 2.45) is 0 Å². The molecule has 0 aliphatic carbocycles. The molecule has 0 unspecified atom stereocenters. The Morgan fingerprint density at radius 2 is 1.59 bits per heavy atom. The summed E-state index contributed by atoms with van der Waals surface area (Å²) in [6.07, 6.45) is 1.79. The van der Waals surface area contributed by atoms with Gasteiger partial charge in [0.25, 0.3) is 0 Å². The molecule has 0 aliphatic rings. The third-order valence-electron chi connectivity index (χ3n) is 2.88. The van der Waals surface area contributed by atoms with Gasteiger partial charge in [0.2, 0.25) is 0 Å². The van der Waals surface area contributed by atoms with Gasteiger partial charge in [0.05, 0.1) is 0 Å². The molecule has 0 spiro atoms. The van der Waals surface area contributed by atoms with E-state index in [9.17, 15) is 4.57 Å². The normalized spacial score (nSPS) is 12.2. The van der Waals surface area contributed by atoms with Crippen LogP contribution in [0.1, 0.15) is 11.1 Å². The predicted molar refractivity (Wildman–Crippen MR) is 91.2 cm³/mol. The first-order chi connectivity index (χ1) is 10.6. The van der Waals surface area contributed by atoms with Crippen LogP contribution < -0.4 is 0 Å². The van der Waals surface area contributed by atoms with Crippen molar-refractivity contribution in [3.8, 4) is 0 Å². The first-order valence-corrected chi connectivity index (χ1v) is 8.75. The minimum atomic E-state index is -3.63. The fraction of sp³-hybridized carbons (Fsp3) is 0.125. The van der Waals surface area contributed by atoms with Crippen molar-refractivity contribution in [3.63, 3.8) is 0 Å². The van der Waals surface area contributed by atoms with Gasteiger partial charge in [-0.05, 0) is 23.8 Å². The molecule has 0 fully saturated rings. The SMILES string of the molecule is COP(=O)(OC)O/C(=C/c1ccccc1)c1ccc(Br)cc1. The number of hydrogen-bond acceptors (Lipinski definition) is 4. The molecule has 2 aromatic carbocycles. The van der Waals surface area contributed by atoms with E-state index in [1.807, 2.05) is 54.6 Å². The van der Waals surface area contributed by atoms with Crippen molar-refractivity contribution >= 4 is 35.6 Å². The van der Waals surface area contributed by atoms with Crippen LogP contribution in [0, 0.1) is 0 Å². The van der Waals surface area contributed by atoms with E-state index in [2.05, 4.69) is 15.9 Å². The summed E-state index contributed by atoms with van der Waals surface area (Å²) in [6, 6.07) is 17.1. The molecular formula is C16H16BrO4P. The average molecular weight is 383 g/mol. The molecule has 0 atom stereocenters. The van der Waals surface area contributed by atoms with Gasteiger partial charge >= 0.3 is 7.82 Å². The second kappa shape index (κ2) is 7.75. The number of benzene rings is 2. The van der Waals surface area contributed by atoms with Crippen LogP contribution in [0.3, 0.4) is 0 Å². The monoisotopic (exact) mass is 382 g/mol. The molecule has 0 N–H and O–H groups in total. The summed E-state index contributed by atoms with van der Waals surface area (Å²) in [7, 11) is -1.06. The van der Waals surface area contributed by atoms with Crippen LogP contribution in [-0.2, 0) is 18.1 Å². The molecule has 0 heterocycles. The van der Waals surface area contributed by atoms with E-state index in [1.165, 1.54) is 14.2 Å². The molecule has 0 amide bonds. The Bertz CT molecular complexity index is 675. The smallest absolute Gasteiger partial charge is 0.403 e. The molecular weight excluding hydrogens is 367 g/mol. The fourth-order valence-electron chi connectivity index (χ4n) is 1.75. The standard InChI is InChI=1S/C16H16BrO4P/c1-19-22(18,20-2)21-16(12-13-6-4-3-5-7-13)14-8-10-15(17)11-9-14/h3-12H,1-2H3/b16-12+. The Balaban J connectivity index is 2.43. The Labute approximate surface area is 138 Å². The highest BCUT2D eigenvalue weighted by Crippen LogP contribution is 2.51. The topological polar surface area (TPSA) is 44.8 Å². The van der Waals surface area contributed by atoms with E-state index in [4.69, 9.17) is 13.6 Å². The molecule has 4 nitrogen and oxygen atoms in total. The van der Waals surface area contributed by atoms with E-state index in [-0.39, 0.29) is 0 Å². The van der Waals surface area contributed by atoms with Crippen molar-refractivity contribution in [2.75, 3.05) is 14.2 Å². The van der Waals surface area contributed by atoms with Gasteiger partial charge in [-0.15, -0.1) is 0 Å². The predicted octanol–water partition coefficient (Wildman–Crippen LogP) is 5.36. The highest BCUT2D eigenvalue weighted by atomic mass is 79.9. The van der Waals surface area contributed by atoms with Gasteiger partial charge in [0.1, 0.15) is 5.76 Å². The van der Waals surface area contributed by atoms with Crippen LogP contribution in [0.25, 0.3) is 11.8 Å². The molecule has 0 bridgehead atoms. The number of phosphoric ester groups is 1. The molecule has 22 heavy (non-hydrogen) atoms. The molecule has 0 saturated carbocycles. The summed E-state index contributed by atoms with van der Waals surface area (Å²) in [4.78, 5) is 0. The summed E-state index contributed by atoms with van der Waals surface area (Å²) < 4.78 is 28.5. The van der Waals surface area contributed by atoms with Crippen molar-refractivity contribution in [3.05, 3.63) is 70.2 Å². The van der Waals surface area contributed by atoms with Crippen molar-refractivity contribution in [2.45, 2.75) is 0 Å². The van der Waals surface area contributed by atoms with Crippen LogP contribution >= 0.6 is 23.8 Å². The van der Waals surface area contributed by atoms with Crippen LogP contribution in [0.5, 0.6) is 0 Å². The van der Waals surface area contributed by atoms with E-state index in [1.54, 1.807) is 6.08 Å². The summed E-state index contributed by atoms with van der Waals surface area (Å²) in [6.45, 7) is 0. The summed E-state index contributed by atoms with van der Waals surface area (Å²) >= 11 is 3.39. The first kappa shape index (κ1) is 17.0. The lowest BCUT2D eigenvalue weighted by molar-refractivity contribution is 0.201. The molecule has 6 heteroatoms. The number of hydrogen-bond donors (Lipinski definition) is 0. The minimum absolute atomic E-state index is 0.408. The highest BCUT2D eigenvalue weighted by molar-refractivity contribution is 9.10. The maximum Gasteiger partial charge on any atom is 0.529 e. The maximum atomic E-state index is 12.3. The number of halogens is 1. The lowest BCUT2D eigenvalue weighted by Crippen LogP contribution is -1.96. The molecule has 2 aromatic rings. The van der Waals surface area contributed by atoms with Crippen LogP contribution in [0.4, 0.5) is 0 Å². The summed E-state index contributed by atoms with van der Waals surface area (Å²) in [5, 5.41) is 0. The zero-order valence-electron chi connectivity index (χ0n) is 12.2. The number of phosphoric acid groups is 1. The van der Waals surface area contributed by atoms with E-state index in [0.29, 0.717) is 5.76 Å². The zero-order chi connectivity index (χ0) is 16.0. The molecule has 0 radical (unpaired) electrons. The molecule has 0 aliphatic heterocycles. The fourth-order valence-corrected chi connectivity index (χ4v) is 2.71. The van der Waals surface area contributed by atoms with Crippen LogP contribution in [-0.4, -0.2) is 14.2 Å². The maximum absolute atomic E-state index is 12.3. The molecule has 116 valence electrons. The highest BCUT2D eigenvalue weighted by Gasteiger charge is 2.26. The van der Waals surface area contributed by atoms with Gasteiger partial charge in [0.15, 0.2) is 0 Å². The molecule has 0 saturated heterocycles. The van der Waals surface area contributed by atoms with E-state index >= 15 is 0 Å². The van der Waals surface area contributed by atoms with E-state index < -0.39 is 7.82 Å². The summed E-state index contributed by atoms with van der Waals surface area (Å²) in [5.41, 5.74) is 1.68. The lowest BCUT2D eigenvalue weighted by Gasteiger charge is -2.17. The second-order valence-corrected chi connectivity index (χ2v) is 7.05. The van der Waals surface area contributed by atoms with Crippen LogP contribution in [0.15, 0.2) is 59.1 Å². The van der Waals surface area contributed by atoms with Crippen LogP contribution in [0.2, 0.25) is 0 Å². The Hall–Kier alpha value is -1.39. The van der Waals surface area contributed by atoms with Gasteiger partial charge in [-0.1, -0.05) is 58.4 Å². The molecule has 0 aromatic heterocycles. The zero-order valence-corrected chi connectivity index (χ0v) is 14.7. The van der Waals surface area contributed by atoms with E-state index in [0.717, 1.165) is 15.6 Å². The van der Waals surface area contributed by atoms with Crippen molar-refractivity contribution in [1.82, 2.24) is 0 Å². The molecule has 2 rings (SSSR count). The van der Waals surface area contributed by atoms with Gasteiger partial charge in [-0.2, -0.15) is 0 Å². The largest absolute Gasteiger partial charge is 0.529 e. The quantitative estimate of drug-likeness (QED) is 0.383. The van der Waals surface area contributed by atoms with Gasteiger partial charge in [0, 0.05) is 24.3 Å². The number of rotatable bonds is 6. The van der Waals surface area contributed by atoms with Crippen molar-refractivity contribution in [1.29, 1.82) is 0 Å². The van der Waals surface area contributed by atoms with Crippen molar-refractivity contribution < 1.29 is 18.1 Å². The van der Waals surface area contributed by atoms with Gasteiger partial charge in [-0.25, -0.2) is 4.57 Å². The minimum Gasteiger partial charge on any atom is -0.403 e. The average Bonchev–Trinajstić information content (AvgIpc) is 2.56. The van der Waals surface area contributed by atoms with Gasteiger partial charge < -0.3 is 4.52 Å². The first-order valence-electron chi connectivity index (χ1n) is 6.50. The Kier molecular flexibility index (Phi) is 5.98. The lowest BCUT2D eigenvalue weighted by atomic mass is 10.1.